The van der Waals surface area contributed by atoms with E-state index in [4.69, 9.17) is 4.98 Å². The molecule has 0 atom stereocenters. The van der Waals surface area contributed by atoms with E-state index in [1.54, 1.807) is 42.2 Å². The highest BCUT2D eigenvalue weighted by Crippen LogP contribution is 2.42. The highest BCUT2D eigenvalue weighted by molar-refractivity contribution is 7.92. The molecule has 12 heteroatoms. The molecule has 2 aromatic heterocycles. The Balaban J connectivity index is 1.19. The van der Waals surface area contributed by atoms with Gasteiger partial charge in [-0.2, -0.15) is 0 Å². The minimum Gasteiger partial charge on any atom is -0.324 e. The number of para-hydroxylation sites is 4. The fourth-order valence-electron chi connectivity index (χ4n) is 6.31. The average Bonchev–Trinajstić information content (AvgIpc) is 3.31. The molecule has 1 N–H and O–H groups in total. The number of aryl methyl sites for hydroxylation is 1. The number of hydrogen-bond acceptors (Lipinski definition) is 7. The van der Waals surface area contributed by atoms with Crippen LogP contribution in [0.4, 0.5) is 33.0 Å². The van der Waals surface area contributed by atoms with Crippen LogP contribution in [0, 0.1) is 12.7 Å². The summed E-state index contributed by atoms with van der Waals surface area (Å²) in [5, 5.41) is 2.73. The number of benzene rings is 3. The Morgan fingerprint density at radius 2 is 1.60 bits per heavy atom. The van der Waals surface area contributed by atoms with Crippen LogP contribution in [0.25, 0.3) is 10.4 Å². The Bertz CT molecular complexity index is 2160. The first-order valence-electron chi connectivity index (χ1n) is 15.5. The number of nitrogens with zero attached hydrogens (tertiary/aromatic N) is 4. The number of pyridine rings is 1. The summed E-state index contributed by atoms with van der Waals surface area (Å²) in [6, 6.07) is 26.7. The van der Waals surface area contributed by atoms with Crippen LogP contribution in [0.5, 0.6) is 0 Å². The Kier molecular flexibility index (Phi) is 8.22. The van der Waals surface area contributed by atoms with Crippen LogP contribution in [0.2, 0.25) is 0 Å². The fourth-order valence-corrected chi connectivity index (χ4v) is 8.43. The van der Waals surface area contributed by atoms with Crippen LogP contribution >= 0.6 is 11.3 Å². The molecular weight excluding hydrogens is 650 g/mol. The number of aromatic nitrogens is 1. The maximum atomic E-state index is 14.5. The van der Waals surface area contributed by atoms with E-state index in [2.05, 4.69) is 5.32 Å². The summed E-state index contributed by atoms with van der Waals surface area (Å²) in [6.07, 6.45) is 2.28. The van der Waals surface area contributed by atoms with Gasteiger partial charge in [0.25, 0.3) is 11.8 Å². The molecule has 0 radical (unpaired) electrons. The molecule has 4 heterocycles. The average molecular weight is 682 g/mol. The number of sulfonamides is 1. The highest BCUT2D eigenvalue weighted by Gasteiger charge is 2.30. The summed E-state index contributed by atoms with van der Waals surface area (Å²) in [4.78, 5) is 37.3. The molecule has 0 aliphatic carbocycles. The van der Waals surface area contributed by atoms with Gasteiger partial charge < -0.3 is 15.1 Å². The maximum absolute atomic E-state index is 14.5. The minimum absolute atomic E-state index is 0.161. The second kappa shape index (κ2) is 12.5. The number of amides is 2. The van der Waals surface area contributed by atoms with Crippen molar-refractivity contribution in [1.29, 1.82) is 0 Å². The second-order valence-electron chi connectivity index (χ2n) is 11.8. The molecule has 5 aromatic rings. The lowest BCUT2D eigenvalue weighted by Gasteiger charge is -2.27. The lowest BCUT2D eigenvalue weighted by atomic mass is 10.1. The fraction of sp³-hybridized carbons (Fsp3) is 0.194. The molecule has 2 amide bonds. The van der Waals surface area contributed by atoms with Crippen LogP contribution < -0.4 is 19.4 Å². The molecule has 48 heavy (non-hydrogen) atoms. The largest absolute Gasteiger partial charge is 0.324 e. The summed E-state index contributed by atoms with van der Waals surface area (Å²) in [5.74, 6) is -0.600. The van der Waals surface area contributed by atoms with Crippen molar-refractivity contribution in [1.82, 2.24) is 4.98 Å². The lowest BCUT2D eigenvalue weighted by Crippen LogP contribution is -2.33. The van der Waals surface area contributed by atoms with E-state index in [1.165, 1.54) is 28.0 Å². The molecule has 2 aliphatic heterocycles. The zero-order chi connectivity index (χ0) is 33.6. The van der Waals surface area contributed by atoms with E-state index < -0.39 is 15.8 Å². The molecule has 0 fully saturated rings. The van der Waals surface area contributed by atoms with Gasteiger partial charge >= 0.3 is 0 Å². The number of anilines is 5. The van der Waals surface area contributed by atoms with Crippen molar-refractivity contribution in [2.24, 2.45) is 0 Å². The third-order valence-electron chi connectivity index (χ3n) is 8.60. The summed E-state index contributed by atoms with van der Waals surface area (Å²) >= 11 is 1.32. The van der Waals surface area contributed by atoms with Gasteiger partial charge in [-0.1, -0.05) is 48.5 Å². The van der Waals surface area contributed by atoms with Gasteiger partial charge in [0.05, 0.1) is 33.9 Å². The molecule has 2 aliphatic rings. The van der Waals surface area contributed by atoms with Crippen molar-refractivity contribution in [2.75, 3.05) is 45.3 Å². The van der Waals surface area contributed by atoms with Crippen molar-refractivity contribution in [3.63, 3.8) is 0 Å². The van der Waals surface area contributed by atoms with Crippen molar-refractivity contribution in [2.45, 2.75) is 19.8 Å². The first kappa shape index (κ1) is 31.5. The smallest absolute Gasteiger partial charge is 0.276 e. The summed E-state index contributed by atoms with van der Waals surface area (Å²) < 4.78 is 41.1. The van der Waals surface area contributed by atoms with Crippen molar-refractivity contribution < 1.29 is 22.4 Å². The molecule has 0 saturated carbocycles. The predicted molar refractivity (Wildman–Crippen MR) is 189 cm³/mol. The summed E-state index contributed by atoms with van der Waals surface area (Å²) in [7, 11) is -3.49. The molecular formula is C36H32FN5O4S2. The van der Waals surface area contributed by atoms with Crippen LogP contribution in [-0.2, 0) is 16.4 Å². The standard InChI is InChI=1S/C36H32FN5O4S2/c1-23-10-7-12-26(37)33(23)39-35(43)31-22-24-18-21-41(28-14-4-3-11-25(28)34(24)47-31)36(44)27-13-8-17-32(38-27)40-19-9-20-42(48(2,45)46)30-16-6-5-15-29(30)40/h3-8,10-17,22H,9,18-21H2,1-2H3,(H,39,43). The van der Waals surface area contributed by atoms with Gasteiger partial charge in [-0.25, -0.2) is 17.8 Å². The van der Waals surface area contributed by atoms with Crippen LogP contribution in [-0.4, -0.2) is 51.1 Å². The van der Waals surface area contributed by atoms with E-state index in [0.717, 1.165) is 16.0 Å². The van der Waals surface area contributed by atoms with Gasteiger partial charge in [-0.05, 0) is 73.4 Å². The van der Waals surface area contributed by atoms with Crippen molar-refractivity contribution >= 4 is 61.7 Å². The topological polar surface area (TPSA) is 103 Å². The van der Waals surface area contributed by atoms with Crippen LogP contribution in [0.3, 0.4) is 0 Å². The van der Waals surface area contributed by atoms with Crippen LogP contribution in [0.15, 0.2) is 91.0 Å². The third-order valence-corrected chi connectivity index (χ3v) is 11.0. The predicted octanol–water partition coefficient (Wildman–Crippen LogP) is 7.02. The zero-order valence-corrected chi connectivity index (χ0v) is 27.9. The number of nitrogens with one attached hydrogen (secondary N) is 1. The number of fused-ring (bicyclic) bond motifs is 4. The first-order valence-corrected chi connectivity index (χ1v) is 18.2. The van der Waals surface area contributed by atoms with Gasteiger partial charge in [0.1, 0.15) is 17.3 Å². The Morgan fingerprint density at radius 3 is 2.38 bits per heavy atom. The number of carbonyl (C=O) groups excluding carboxylic acids is 2. The van der Waals surface area contributed by atoms with Gasteiger partial charge in [-0.3, -0.25) is 13.9 Å². The van der Waals surface area contributed by atoms with Gasteiger partial charge in [0.2, 0.25) is 10.0 Å². The van der Waals surface area contributed by atoms with E-state index in [9.17, 15) is 22.4 Å². The number of thiophene rings is 1. The molecule has 3 aromatic carbocycles. The highest BCUT2D eigenvalue weighted by atomic mass is 32.2. The minimum atomic E-state index is -3.49. The van der Waals surface area contributed by atoms with Gasteiger partial charge in [0, 0.05) is 30.1 Å². The van der Waals surface area contributed by atoms with Crippen molar-refractivity contribution in [3.8, 4) is 10.4 Å². The molecule has 7 rings (SSSR count). The number of rotatable bonds is 5. The molecule has 0 unspecified atom stereocenters. The van der Waals surface area contributed by atoms with E-state index in [-0.39, 0.29) is 23.2 Å². The quantitative estimate of drug-likeness (QED) is 0.214. The first-order chi connectivity index (χ1) is 23.1. The molecule has 9 nitrogen and oxygen atoms in total. The SMILES string of the molecule is Cc1cccc(F)c1NC(=O)c1cc2c(s1)-c1ccccc1N(C(=O)c1cccc(N3CCCN(S(C)(=O)=O)c4ccccc43)n1)CC2. The molecule has 0 spiro atoms. The van der Waals surface area contributed by atoms with E-state index in [1.807, 2.05) is 59.5 Å². The Morgan fingerprint density at radius 1 is 0.875 bits per heavy atom. The van der Waals surface area contributed by atoms with Gasteiger partial charge in [0.15, 0.2) is 0 Å². The Hall–Kier alpha value is -5.07. The van der Waals surface area contributed by atoms with Gasteiger partial charge in [-0.15, -0.1) is 11.3 Å². The number of halogens is 1. The molecule has 244 valence electrons. The third kappa shape index (κ3) is 5.82. The molecule has 0 bridgehead atoms. The van der Waals surface area contributed by atoms with Crippen LogP contribution in [0.1, 0.15) is 37.7 Å². The number of hydrogen-bond donors (Lipinski definition) is 1. The van der Waals surface area contributed by atoms with E-state index in [0.29, 0.717) is 65.8 Å². The van der Waals surface area contributed by atoms with Crippen molar-refractivity contribution in [3.05, 3.63) is 119 Å². The zero-order valence-electron chi connectivity index (χ0n) is 26.3. The summed E-state index contributed by atoms with van der Waals surface area (Å²) in [6.45, 7) is 2.96. The monoisotopic (exact) mass is 681 g/mol. The molecule has 0 saturated heterocycles. The Labute approximate surface area is 282 Å². The number of carbonyl (C=O) groups is 2. The lowest BCUT2D eigenvalue weighted by molar-refractivity contribution is 0.0981. The van der Waals surface area contributed by atoms with E-state index >= 15 is 0 Å². The second-order valence-corrected chi connectivity index (χ2v) is 14.7. The maximum Gasteiger partial charge on any atom is 0.276 e. The summed E-state index contributed by atoms with van der Waals surface area (Å²) in [5.41, 5.74) is 4.78. The normalized spacial score (nSPS) is 14.4.